The number of aryl methyl sites for hydroxylation is 1. The van der Waals surface area contributed by atoms with E-state index in [2.05, 4.69) is 19.1 Å². The van der Waals surface area contributed by atoms with Gasteiger partial charge in [-0.3, -0.25) is 4.79 Å². The zero-order valence-corrected chi connectivity index (χ0v) is 11.9. The third kappa shape index (κ3) is 2.79. The van der Waals surface area contributed by atoms with Gasteiger partial charge in [0.2, 0.25) is 0 Å². The van der Waals surface area contributed by atoms with Crippen molar-refractivity contribution in [3.05, 3.63) is 77.4 Å². The maximum absolute atomic E-state index is 11.4. The van der Waals surface area contributed by atoms with Gasteiger partial charge in [-0.1, -0.05) is 60.2 Å². The second-order valence-corrected chi connectivity index (χ2v) is 5.09. The van der Waals surface area contributed by atoms with Crippen molar-refractivity contribution in [1.29, 1.82) is 0 Å². The third-order valence-electron chi connectivity index (χ3n) is 3.56. The summed E-state index contributed by atoms with van der Waals surface area (Å²) in [5, 5.41) is 1.97. The molecule has 21 heavy (non-hydrogen) atoms. The molecule has 104 valence electrons. The van der Waals surface area contributed by atoms with Crippen LogP contribution in [0.15, 0.2) is 60.7 Å². The maximum Gasteiger partial charge on any atom is 0.154 e. The molecule has 0 N–H and O–H groups in total. The fourth-order valence-electron chi connectivity index (χ4n) is 2.37. The first-order valence-corrected chi connectivity index (χ1v) is 6.93. The number of ether oxygens (including phenoxy) is 1. The van der Waals surface area contributed by atoms with Crippen LogP contribution >= 0.6 is 0 Å². The van der Waals surface area contributed by atoms with Gasteiger partial charge in [-0.2, -0.15) is 0 Å². The van der Waals surface area contributed by atoms with Crippen LogP contribution < -0.4 is 4.74 Å². The van der Waals surface area contributed by atoms with Crippen LogP contribution in [0.3, 0.4) is 0 Å². The molecule has 2 heteroatoms. The van der Waals surface area contributed by atoms with E-state index in [1.165, 1.54) is 5.56 Å². The number of aldehydes is 1. The van der Waals surface area contributed by atoms with Crippen LogP contribution in [0, 0.1) is 6.92 Å². The fourth-order valence-corrected chi connectivity index (χ4v) is 2.37. The molecule has 0 saturated carbocycles. The SMILES string of the molecule is Cc1ccc(COc2ccc3ccccc3c2C=O)cc1. The van der Waals surface area contributed by atoms with Crippen LogP contribution in [0.25, 0.3) is 10.8 Å². The Labute approximate surface area is 124 Å². The Balaban J connectivity index is 1.90. The van der Waals surface area contributed by atoms with Gasteiger partial charge in [-0.25, -0.2) is 0 Å². The Morgan fingerprint density at radius 2 is 1.71 bits per heavy atom. The van der Waals surface area contributed by atoms with Gasteiger partial charge in [0.25, 0.3) is 0 Å². The first-order valence-electron chi connectivity index (χ1n) is 6.93. The van der Waals surface area contributed by atoms with Gasteiger partial charge in [0, 0.05) is 0 Å². The van der Waals surface area contributed by atoms with E-state index in [1.54, 1.807) is 0 Å². The summed E-state index contributed by atoms with van der Waals surface area (Å²) in [4.78, 5) is 11.4. The second-order valence-electron chi connectivity index (χ2n) is 5.09. The number of benzene rings is 3. The van der Waals surface area contributed by atoms with Gasteiger partial charge >= 0.3 is 0 Å². The summed E-state index contributed by atoms with van der Waals surface area (Å²) in [7, 11) is 0. The molecule has 0 aliphatic carbocycles. The maximum atomic E-state index is 11.4. The predicted octanol–water partition coefficient (Wildman–Crippen LogP) is 4.54. The summed E-state index contributed by atoms with van der Waals surface area (Å²) < 4.78 is 5.83. The summed E-state index contributed by atoms with van der Waals surface area (Å²) in [6.07, 6.45) is 0.868. The molecule has 0 unspecified atom stereocenters. The molecule has 0 amide bonds. The Morgan fingerprint density at radius 3 is 2.48 bits per heavy atom. The normalized spacial score (nSPS) is 10.5. The number of hydrogen-bond donors (Lipinski definition) is 0. The number of rotatable bonds is 4. The molecule has 0 atom stereocenters. The molecular weight excluding hydrogens is 260 g/mol. The second kappa shape index (κ2) is 5.80. The molecule has 3 aromatic rings. The highest BCUT2D eigenvalue weighted by molar-refractivity contribution is 6.00. The molecule has 0 bridgehead atoms. The lowest BCUT2D eigenvalue weighted by Crippen LogP contribution is -1.99. The first kappa shape index (κ1) is 13.4. The van der Waals surface area contributed by atoms with E-state index in [-0.39, 0.29) is 0 Å². The zero-order valence-electron chi connectivity index (χ0n) is 11.9. The zero-order chi connectivity index (χ0) is 14.7. The van der Waals surface area contributed by atoms with Crippen molar-refractivity contribution in [1.82, 2.24) is 0 Å². The molecular formula is C19H16O2. The Kier molecular flexibility index (Phi) is 3.69. The molecule has 2 nitrogen and oxygen atoms in total. The van der Waals surface area contributed by atoms with Crippen molar-refractivity contribution in [3.8, 4) is 5.75 Å². The third-order valence-corrected chi connectivity index (χ3v) is 3.56. The monoisotopic (exact) mass is 276 g/mol. The molecule has 0 radical (unpaired) electrons. The predicted molar refractivity (Wildman–Crippen MR) is 84.8 cm³/mol. The van der Waals surface area contributed by atoms with E-state index in [0.29, 0.717) is 17.9 Å². The van der Waals surface area contributed by atoms with Crippen LogP contribution in [-0.2, 0) is 6.61 Å². The van der Waals surface area contributed by atoms with Crippen molar-refractivity contribution < 1.29 is 9.53 Å². The Bertz CT molecular complexity index is 773. The molecule has 3 rings (SSSR count). The number of hydrogen-bond acceptors (Lipinski definition) is 2. The van der Waals surface area contributed by atoms with Gasteiger partial charge in [-0.05, 0) is 29.3 Å². The van der Waals surface area contributed by atoms with Crippen LogP contribution in [0.2, 0.25) is 0 Å². The molecule has 0 heterocycles. The van der Waals surface area contributed by atoms with E-state index in [9.17, 15) is 4.79 Å². The first-order chi connectivity index (χ1) is 10.3. The molecule has 0 spiro atoms. The van der Waals surface area contributed by atoms with Crippen molar-refractivity contribution in [2.45, 2.75) is 13.5 Å². The molecule has 0 aliphatic heterocycles. The summed E-state index contributed by atoms with van der Waals surface area (Å²) in [5.74, 6) is 0.629. The number of fused-ring (bicyclic) bond motifs is 1. The molecule has 0 saturated heterocycles. The molecule has 0 aromatic heterocycles. The van der Waals surface area contributed by atoms with E-state index in [1.807, 2.05) is 48.5 Å². The average molecular weight is 276 g/mol. The molecule has 3 aromatic carbocycles. The van der Waals surface area contributed by atoms with Crippen molar-refractivity contribution in [2.24, 2.45) is 0 Å². The van der Waals surface area contributed by atoms with Crippen LogP contribution in [0.4, 0.5) is 0 Å². The standard InChI is InChI=1S/C19H16O2/c1-14-6-8-15(9-7-14)13-21-19-11-10-16-4-2-3-5-17(16)18(19)12-20/h2-12H,13H2,1H3. The number of carbonyl (C=O) groups is 1. The summed E-state index contributed by atoms with van der Waals surface area (Å²) in [5.41, 5.74) is 2.92. The Morgan fingerprint density at radius 1 is 0.952 bits per heavy atom. The number of carbonyl (C=O) groups excluding carboxylic acids is 1. The van der Waals surface area contributed by atoms with Crippen LogP contribution in [0.5, 0.6) is 5.75 Å². The fraction of sp³-hybridized carbons (Fsp3) is 0.105. The minimum atomic E-state index is 0.458. The highest BCUT2D eigenvalue weighted by atomic mass is 16.5. The lowest BCUT2D eigenvalue weighted by Gasteiger charge is -2.11. The smallest absolute Gasteiger partial charge is 0.154 e. The van der Waals surface area contributed by atoms with Crippen LogP contribution in [0.1, 0.15) is 21.5 Å². The minimum absolute atomic E-state index is 0.458. The quantitative estimate of drug-likeness (QED) is 0.654. The van der Waals surface area contributed by atoms with Crippen molar-refractivity contribution >= 4 is 17.1 Å². The minimum Gasteiger partial charge on any atom is -0.488 e. The lowest BCUT2D eigenvalue weighted by molar-refractivity contribution is 0.112. The van der Waals surface area contributed by atoms with E-state index >= 15 is 0 Å². The van der Waals surface area contributed by atoms with Gasteiger partial charge in [0.05, 0.1) is 5.56 Å². The molecule has 0 aliphatic rings. The van der Waals surface area contributed by atoms with Crippen LogP contribution in [-0.4, -0.2) is 6.29 Å². The summed E-state index contributed by atoms with van der Waals surface area (Å²) in [6, 6.07) is 19.9. The van der Waals surface area contributed by atoms with Gasteiger partial charge in [-0.15, -0.1) is 0 Å². The topological polar surface area (TPSA) is 26.3 Å². The van der Waals surface area contributed by atoms with Crippen molar-refractivity contribution in [3.63, 3.8) is 0 Å². The van der Waals surface area contributed by atoms with E-state index in [4.69, 9.17) is 4.74 Å². The summed E-state index contributed by atoms with van der Waals surface area (Å²) in [6.45, 7) is 2.51. The summed E-state index contributed by atoms with van der Waals surface area (Å²) >= 11 is 0. The van der Waals surface area contributed by atoms with E-state index in [0.717, 1.165) is 22.6 Å². The largest absolute Gasteiger partial charge is 0.488 e. The van der Waals surface area contributed by atoms with Gasteiger partial charge in [0.1, 0.15) is 12.4 Å². The highest BCUT2D eigenvalue weighted by Gasteiger charge is 2.08. The lowest BCUT2D eigenvalue weighted by atomic mass is 10.0. The van der Waals surface area contributed by atoms with E-state index < -0.39 is 0 Å². The Hall–Kier alpha value is -2.61. The average Bonchev–Trinajstić information content (AvgIpc) is 2.53. The molecule has 0 fully saturated rings. The van der Waals surface area contributed by atoms with Gasteiger partial charge in [0.15, 0.2) is 6.29 Å². The van der Waals surface area contributed by atoms with Crippen molar-refractivity contribution in [2.75, 3.05) is 0 Å². The highest BCUT2D eigenvalue weighted by Crippen LogP contribution is 2.27. The van der Waals surface area contributed by atoms with Gasteiger partial charge < -0.3 is 4.74 Å².